The number of hydrogen-bond acceptors (Lipinski definition) is 3. The Morgan fingerprint density at radius 3 is 1.97 bits per heavy atom. The van der Waals surface area contributed by atoms with Gasteiger partial charge in [0.25, 0.3) is 5.69 Å². The van der Waals surface area contributed by atoms with Crippen molar-refractivity contribution < 1.29 is 18.6 Å². The molecule has 0 aliphatic heterocycles. The van der Waals surface area contributed by atoms with Crippen LogP contribution in [0.5, 0.6) is 0 Å². The molecule has 0 heterocycles. The third-order valence-electron chi connectivity index (χ3n) is 4.77. The van der Waals surface area contributed by atoms with Crippen molar-refractivity contribution in [3.63, 3.8) is 0 Å². The van der Waals surface area contributed by atoms with Gasteiger partial charge in [-0.05, 0) is 51.9 Å². The first-order valence-electron chi connectivity index (χ1n) is 14.9. The van der Waals surface area contributed by atoms with Crippen LogP contribution < -0.4 is 4.72 Å². The third kappa shape index (κ3) is 5.26. The molecule has 4 nitrogen and oxygen atoms in total. The molecule has 0 bridgehead atoms. The molecule has 0 spiro atoms. The van der Waals surface area contributed by atoms with E-state index in [1.54, 1.807) is 6.07 Å². The second-order valence-electron chi connectivity index (χ2n) is 8.10. The topological polar surface area (TPSA) is 57.2 Å². The van der Waals surface area contributed by atoms with E-state index in [0.717, 1.165) is 11.9 Å². The van der Waals surface area contributed by atoms with Gasteiger partial charge in [-0.25, -0.2) is 4.72 Å². The van der Waals surface area contributed by atoms with Crippen LogP contribution >= 0.6 is 11.9 Å². The molecule has 0 aromatic heterocycles. The van der Waals surface area contributed by atoms with Crippen molar-refractivity contribution in [3.05, 3.63) is 113 Å². The van der Waals surface area contributed by atoms with Gasteiger partial charge >= 0.3 is 0 Å². The molecule has 0 atom stereocenters. The van der Waals surface area contributed by atoms with E-state index in [9.17, 15) is 10.1 Å². The van der Waals surface area contributed by atoms with Gasteiger partial charge in [0.15, 0.2) is 0 Å². The van der Waals surface area contributed by atoms with E-state index in [0.29, 0.717) is 10.5 Å². The van der Waals surface area contributed by atoms with E-state index < -0.39 is 70.8 Å². The van der Waals surface area contributed by atoms with Crippen LogP contribution in [0.4, 0.5) is 11.4 Å². The average molecular weight is 464 g/mol. The van der Waals surface area contributed by atoms with Gasteiger partial charge in [0, 0.05) is 34.5 Å². The van der Waals surface area contributed by atoms with Crippen molar-refractivity contribution in [1.29, 1.82) is 0 Å². The highest BCUT2D eigenvalue weighted by Crippen LogP contribution is 2.43. The number of rotatable bonds is 6. The summed E-state index contributed by atoms with van der Waals surface area (Å²) in [7, 11) is 0. The van der Waals surface area contributed by atoms with Crippen molar-refractivity contribution in [1.82, 2.24) is 4.72 Å². The molecule has 0 N–H and O–H groups in total. The fourth-order valence-corrected chi connectivity index (χ4v) is 3.80. The van der Waals surface area contributed by atoms with Crippen molar-refractivity contribution >= 4 is 23.3 Å². The summed E-state index contributed by atoms with van der Waals surface area (Å²) in [4.78, 5) is 11.1. The van der Waals surface area contributed by atoms with Crippen LogP contribution in [0.1, 0.15) is 40.0 Å². The molecule has 165 valence electrons. The first-order valence-corrected chi connectivity index (χ1v) is 10.7. The highest BCUT2D eigenvalue weighted by molar-refractivity contribution is 7.97. The highest BCUT2D eigenvalue weighted by atomic mass is 32.2. The summed E-state index contributed by atoms with van der Waals surface area (Å²) in [5, 5.41) is 11.1. The summed E-state index contributed by atoms with van der Waals surface area (Å²) >= 11 is 0.961. The summed E-state index contributed by atoms with van der Waals surface area (Å²) in [6.45, 7) is 5.57. The van der Waals surface area contributed by atoms with E-state index in [-0.39, 0.29) is 33.6 Å². The Balaban J connectivity index is 2.09. The monoisotopic (exact) mass is 463 g/mol. The van der Waals surface area contributed by atoms with Gasteiger partial charge in [-0.3, -0.25) is 10.1 Å². The largest absolute Gasteiger partial charge is 0.269 e. The quantitative estimate of drug-likeness (QED) is 0.165. The Bertz CT molecular complexity index is 1730. The Hall–Kier alpha value is -3.57. The fourth-order valence-electron chi connectivity index (χ4n) is 3.15. The lowest BCUT2D eigenvalue weighted by molar-refractivity contribution is -0.384. The molecule has 0 amide bonds. The van der Waals surface area contributed by atoms with Gasteiger partial charge in [-0.15, -0.1) is 0 Å². The molecule has 0 saturated heterocycles. The molecule has 4 aromatic carbocycles. The molecule has 0 aliphatic rings. The van der Waals surface area contributed by atoms with E-state index in [4.69, 9.17) is 18.4 Å². The van der Waals surface area contributed by atoms with E-state index in [1.165, 1.54) is 30.3 Å². The van der Waals surface area contributed by atoms with Gasteiger partial charge in [-0.2, -0.15) is 0 Å². The molecule has 4 rings (SSSR count). The highest BCUT2D eigenvalue weighted by Gasteiger charge is 2.24. The Labute approximate surface area is 213 Å². The van der Waals surface area contributed by atoms with Crippen LogP contribution in [0.3, 0.4) is 0 Å². The molecule has 5 heteroatoms. The number of nitro groups is 1. The zero-order chi connectivity index (χ0) is 32.1. The Morgan fingerprint density at radius 2 is 1.42 bits per heavy atom. The zero-order valence-corrected chi connectivity index (χ0v) is 18.9. The number of hydrogen-bond donors (Lipinski definition) is 0. The molecular weight excluding hydrogens is 428 g/mol. The maximum Gasteiger partial charge on any atom is 0.269 e. The van der Waals surface area contributed by atoms with Gasteiger partial charge < -0.3 is 0 Å². The van der Waals surface area contributed by atoms with Crippen LogP contribution in [0.25, 0.3) is 22.3 Å². The standard InChI is InChI=1S/C28H25N2O2S/c1-28(2,3)26-19-22(20-10-6-4-7-11-20)18-25(21-12-8-5-9-13-21)27(26)29-33-24-16-14-23(15-17-24)30(31)32/h4-19H,1-3H3/i4D,5D,6D,7D,8D,9D,10D,11D,12D,13D. The van der Waals surface area contributed by atoms with Crippen LogP contribution in [0.15, 0.2) is 102 Å². The van der Waals surface area contributed by atoms with E-state index >= 15 is 0 Å². The predicted molar refractivity (Wildman–Crippen MR) is 137 cm³/mol. The van der Waals surface area contributed by atoms with Crippen molar-refractivity contribution in [2.75, 3.05) is 0 Å². The lowest BCUT2D eigenvalue weighted by Crippen LogP contribution is -2.14. The molecule has 0 saturated carbocycles. The van der Waals surface area contributed by atoms with Gasteiger partial charge in [-0.1, -0.05) is 81.2 Å². The van der Waals surface area contributed by atoms with Crippen LogP contribution in [-0.4, -0.2) is 4.92 Å². The first kappa shape index (κ1) is 13.2. The molecule has 0 fully saturated rings. The minimum absolute atomic E-state index is 0.0978. The number of nitrogens with zero attached hydrogens (tertiary/aromatic N) is 2. The summed E-state index contributed by atoms with van der Waals surface area (Å²) in [5.41, 5.74) is -0.0569. The van der Waals surface area contributed by atoms with Crippen molar-refractivity contribution in [2.24, 2.45) is 0 Å². The average Bonchev–Trinajstić information content (AvgIpc) is 2.96. The summed E-state index contributed by atoms with van der Waals surface area (Å²) in [6.07, 6.45) is 0. The summed E-state index contributed by atoms with van der Waals surface area (Å²) in [5.74, 6) is 0. The Morgan fingerprint density at radius 1 is 0.848 bits per heavy atom. The minimum Gasteiger partial charge on any atom is -0.258 e. The van der Waals surface area contributed by atoms with Crippen LogP contribution in [0.2, 0.25) is 0 Å². The van der Waals surface area contributed by atoms with Crippen molar-refractivity contribution in [3.8, 4) is 22.3 Å². The number of non-ortho nitro benzene ring substituents is 1. The van der Waals surface area contributed by atoms with Gasteiger partial charge in [0.1, 0.15) is 0 Å². The molecular formula is C28H25N2O2S. The second-order valence-corrected chi connectivity index (χ2v) is 8.94. The lowest BCUT2D eigenvalue weighted by atomic mass is 9.81. The number of benzene rings is 4. The third-order valence-corrected chi connectivity index (χ3v) is 5.52. The molecule has 1 radical (unpaired) electrons. The molecule has 0 aliphatic carbocycles. The van der Waals surface area contributed by atoms with Crippen LogP contribution in [0, 0.1) is 10.1 Å². The molecule has 33 heavy (non-hydrogen) atoms. The molecule has 4 aromatic rings. The normalized spacial score (nSPS) is 15.5. The Kier molecular flexibility index (Phi) is 3.81. The molecule has 0 unspecified atom stereocenters. The SMILES string of the molecule is [2H]c1c([2H])c([2H])c(-c2cc(-c3c([2H])c([2H])c([2H])c([2H])c3[2H])c([N]Sc3ccc([N+](=O)[O-])cc3)c(C(C)(C)C)c2)c([2H])c1[2H]. The van der Waals surface area contributed by atoms with E-state index in [1.807, 2.05) is 20.8 Å². The van der Waals surface area contributed by atoms with Crippen LogP contribution in [-0.2, 0) is 5.41 Å². The van der Waals surface area contributed by atoms with Gasteiger partial charge in [0.2, 0.25) is 0 Å². The summed E-state index contributed by atoms with van der Waals surface area (Å²) < 4.78 is 88.0. The maximum absolute atomic E-state index is 11.1. The first-order chi connectivity index (χ1) is 20.0. The zero-order valence-electron chi connectivity index (χ0n) is 28.1. The maximum atomic E-state index is 11.1. The number of nitro benzene ring substituents is 1. The second kappa shape index (κ2) is 9.51. The lowest BCUT2D eigenvalue weighted by Gasteiger charge is -2.26. The van der Waals surface area contributed by atoms with E-state index in [2.05, 4.69) is 0 Å². The minimum atomic E-state index is -0.694. The predicted octanol–water partition coefficient (Wildman–Crippen LogP) is 8.17. The fraction of sp³-hybridized carbons (Fsp3) is 0.143. The summed E-state index contributed by atoms with van der Waals surface area (Å²) in [6, 6.07) is 3.42. The smallest absolute Gasteiger partial charge is 0.258 e. The van der Waals surface area contributed by atoms with Gasteiger partial charge in [0.05, 0.1) is 24.3 Å². The van der Waals surface area contributed by atoms with Crippen molar-refractivity contribution in [2.45, 2.75) is 31.1 Å².